The van der Waals surface area contributed by atoms with Gasteiger partial charge in [-0.05, 0) is 24.3 Å². The number of rotatable bonds is 9. The molecule has 2 aromatic rings. The first-order valence-electron chi connectivity index (χ1n) is 7.30. The second-order valence-corrected chi connectivity index (χ2v) is 8.23. The SMILES string of the molecule is N#CCCN(C(=O)CSc1nnc(SCC(N)=O)s1)c1ccc(F)cc1. The molecule has 0 aliphatic carbocycles. The number of primary amides is 1. The highest BCUT2D eigenvalue weighted by molar-refractivity contribution is 8.03. The zero-order valence-electron chi connectivity index (χ0n) is 13.4. The summed E-state index contributed by atoms with van der Waals surface area (Å²) in [5, 5.41) is 16.7. The van der Waals surface area contributed by atoms with Gasteiger partial charge in [-0.3, -0.25) is 9.59 Å². The van der Waals surface area contributed by atoms with Crippen molar-refractivity contribution in [1.82, 2.24) is 10.2 Å². The molecule has 0 aliphatic heterocycles. The van der Waals surface area contributed by atoms with Crippen molar-refractivity contribution in [3.63, 3.8) is 0 Å². The van der Waals surface area contributed by atoms with Gasteiger partial charge in [-0.25, -0.2) is 4.39 Å². The van der Waals surface area contributed by atoms with Crippen LogP contribution in [0.5, 0.6) is 0 Å². The Morgan fingerprint density at radius 1 is 1.19 bits per heavy atom. The average Bonchev–Trinajstić information content (AvgIpc) is 3.08. The Bertz CT molecular complexity index is 806. The van der Waals surface area contributed by atoms with Crippen LogP contribution in [0.25, 0.3) is 0 Å². The molecular formula is C15H14FN5O2S3. The first-order valence-corrected chi connectivity index (χ1v) is 10.1. The molecule has 1 aromatic heterocycles. The van der Waals surface area contributed by atoms with Gasteiger partial charge in [0.1, 0.15) is 5.82 Å². The van der Waals surface area contributed by atoms with Crippen LogP contribution in [0, 0.1) is 17.1 Å². The van der Waals surface area contributed by atoms with Gasteiger partial charge in [0, 0.05) is 12.2 Å². The summed E-state index contributed by atoms with van der Waals surface area (Å²) in [5.74, 6) is -0.853. The van der Waals surface area contributed by atoms with Crippen LogP contribution >= 0.6 is 34.9 Å². The molecule has 1 heterocycles. The molecular weight excluding hydrogens is 397 g/mol. The van der Waals surface area contributed by atoms with Crippen LogP contribution in [0.1, 0.15) is 6.42 Å². The second kappa shape index (κ2) is 10.1. The van der Waals surface area contributed by atoms with Crippen molar-refractivity contribution in [3.8, 4) is 6.07 Å². The molecule has 0 saturated heterocycles. The molecule has 2 rings (SSSR count). The molecule has 0 spiro atoms. The highest BCUT2D eigenvalue weighted by Gasteiger charge is 2.17. The largest absolute Gasteiger partial charge is 0.369 e. The molecule has 0 unspecified atom stereocenters. The van der Waals surface area contributed by atoms with Crippen molar-refractivity contribution < 1.29 is 14.0 Å². The maximum absolute atomic E-state index is 13.1. The summed E-state index contributed by atoms with van der Waals surface area (Å²) in [6, 6.07) is 7.53. The third-order valence-corrected chi connectivity index (χ3v) is 6.13. The van der Waals surface area contributed by atoms with Gasteiger partial charge in [-0.1, -0.05) is 34.9 Å². The Morgan fingerprint density at radius 3 is 2.38 bits per heavy atom. The summed E-state index contributed by atoms with van der Waals surface area (Å²) in [7, 11) is 0. The number of hydrogen-bond donors (Lipinski definition) is 1. The number of hydrogen-bond acceptors (Lipinski definition) is 8. The highest BCUT2D eigenvalue weighted by Crippen LogP contribution is 2.29. The number of amides is 2. The van der Waals surface area contributed by atoms with E-state index in [-0.39, 0.29) is 30.4 Å². The average molecular weight is 412 g/mol. The Morgan fingerprint density at radius 2 is 1.81 bits per heavy atom. The lowest BCUT2D eigenvalue weighted by molar-refractivity contribution is -0.116. The van der Waals surface area contributed by atoms with Gasteiger partial charge < -0.3 is 10.6 Å². The van der Waals surface area contributed by atoms with Crippen LogP contribution in [0.3, 0.4) is 0 Å². The number of carbonyl (C=O) groups excluding carboxylic acids is 2. The van der Waals surface area contributed by atoms with Gasteiger partial charge in [-0.15, -0.1) is 10.2 Å². The van der Waals surface area contributed by atoms with Gasteiger partial charge in [0.05, 0.1) is 24.0 Å². The molecule has 0 fully saturated rings. The minimum Gasteiger partial charge on any atom is -0.369 e. The fourth-order valence-electron chi connectivity index (χ4n) is 1.83. The summed E-state index contributed by atoms with van der Waals surface area (Å²) in [6.45, 7) is 0.220. The molecule has 7 nitrogen and oxygen atoms in total. The lowest BCUT2D eigenvalue weighted by atomic mass is 10.2. The topological polar surface area (TPSA) is 113 Å². The van der Waals surface area contributed by atoms with Crippen molar-refractivity contribution in [2.24, 2.45) is 5.73 Å². The zero-order chi connectivity index (χ0) is 18.9. The van der Waals surface area contributed by atoms with E-state index in [2.05, 4.69) is 10.2 Å². The number of aromatic nitrogens is 2. The summed E-state index contributed by atoms with van der Waals surface area (Å²) in [6.07, 6.45) is 0.167. The van der Waals surface area contributed by atoms with Crippen LogP contribution in [0.2, 0.25) is 0 Å². The number of nitrogens with two attached hydrogens (primary N) is 1. The van der Waals surface area contributed by atoms with E-state index >= 15 is 0 Å². The lowest BCUT2D eigenvalue weighted by Crippen LogP contribution is -2.33. The van der Waals surface area contributed by atoms with Crippen LogP contribution in [0.4, 0.5) is 10.1 Å². The Kier molecular flexibility index (Phi) is 7.83. The fourth-order valence-corrected chi connectivity index (χ4v) is 4.46. The number of carbonyl (C=O) groups is 2. The van der Waals surface area contributed by atoms with E-state index in [0.29, 0.717) is 14.4 Å². The van der Waals surface area contributed by atoms with E-state index in [0.717, 1.165) is 0 Å². The Balaban J connectivity index is 1.97. The lowest BCUT2D eigenvalue weighted by Gasteiger charge is -2.21. The number of anilines is 1. The van der Waals surface area contributed by atoms with E-state index < -0.39 is 11.7 Å². The summed E-state index contributed by atoms with van der Waals surface area (Å²) in [4.78, 5) is 24.7. The van der Waals surface area contributed by atoms with Crippen molar-refractivity contribution in [1.29, 1.82) is 5.26 Å². The van der Waals surface area contributed by atoms with Gasteiger partial charge in [0.2, 0.25) is 11.8 Å². The van der Waals surface area contributed by atoms with E-state index in [4.69, 9.17) is 11.0 Å². The predicted molar refractivity (Wildman–Crippen MR) is 99.5 cm³/mol. The molecule has 2 amide bonds. The van der Waals surface area contributed by atoms with E-state index in [9.17, 15) is 14.0 Å². The van der Waals surface area contributed by atoms with Crippen molar-refractivity contribution in [3.05, 3.63) is 30.1 Å². The normalized spacial score (nSPS) is 10.3. The number of halogens is 1. The van der Waals surface area contributed by atoms with Gasteiger partial charge in [0.15, 0.2) is 8.68 Å². The zero-order valence-corrected chi connectivity index (χ0v) is 15.9. The minimum atomic E-state index is -0.443. The van der Waals surface area contributed by atoms with Crippen molar-refractivity contribution in [2.75, 3.05) is 23.0 Å². The Hall–Kier alpha value is -2.16. The number of nitrogens with zero attached hydrogens (tertiary/aromatic N) is 4. The fraction of sp³-hybridized carbons (Fsp3) is 0.267. The molecule has 0 atom stereocenters. The van der Waals surface area contributed by atoms with Crippen LogP contribution < -0.4 is 10.6 Å². The van der Waals surface area contributed by atoms with Gasteiger partial charge in [0.25, 0.3) is 0 Å². The number of benzene rings is 1. The molecule has 26 heavy (non-hydrogen) atoms. The maximum atomic E-state index is 13.1. The first kappa shape index (κ1) is 20.2. The molecule has 0 bridgehead atoms. The van der Waals surface area contributed by atoms with E-state index in [1.54, 1.807) is 0 Å². The number of nitriles is 1. The predicted octanol–water partition coefficient (Wildman–Crippen LogP) is 2.29. The second-order valence-electron chi connectivity index (χ2n) is 4.81. The molecule has 136 valence electrons. The third kappa shape index (κ3) is 6.29. The molecule has 0 aliphatic rings. The van der Waals surface area contributed by atoms with Gasteiger partial charge in [-0.2, -0.15) is 5.26 Å². The van der Waals surface area contributed by atoms with Gasteiger partial charge >= 0.3 is 0 Å². The number of thioether (sulfide) groups is 2. The smallest absolute Gasteiger partial charge is 0.237 e. The first-order chi connectivity index (χ1) is 12.5. The summed E-state index contributed by atoms with van der Waals surface area (Å²) < 4.78 is 14.3. The molecule has 2 N–H and O–H groups in total. The van der Waals surface area contributed by atoms with Crippen LogP contribution in [0.15, 0.2) is 32.9 Å². The maximum Gasteiger partial charge on any atom is 0.237 e. The third-order valence-electron chi connectivity index (χ3n) is 2.93. The van der Waals surface area contributed by atoms with Crippen LogP contribution in [-0.2, 0) is 9.59 Å². The van der Waals surface area contributed by atoms with Crippen molar-refractivity contribution >= 4 is 52.4 Å². The van der Waals surface area contributed by atoms with Crippen molar-refractivity contribution in [2.45, 2.75) is 15.1 Å². The summed E-state index contributed by atoms with van der Waals surface area (Å²) >= 11 is 3.67. The molecule has 0 radical (unpaired) electrons. The molecule has 11 heteroatoms. The summed E-state index contributed by atoms with van der Waals surface area (Å²) in [5.41, 5.74) is 5.61. The highest BCUT2D eigenvalue weighted by atomic mass is 32.2. The minimum absolute atomic E-state index is 0.0952. The Labute approximate surface area is 161 Å². The van der Waals surface area contributed by atoms with E-state index in [1.807, 2.05) is 6.07 Å². The molecule has 0 saturated carbocycles. The standard InChI is InChI=1S/C15H14FN5O2S3/c16-10-2-4-11(5-3-10)21(7-1-6-17)13(23)9-25-15-20-19-14(26-15)24-8-12(18)22/h2-5H,1,7-9H2,(H2,18,22). The molecule has 1 aromatic carbocycles. The monoisotopic (exact) mass is 411 g/mol. The van der Waals surface area contributed by atoms with Crippen LogP contribution in [-0.4, -0.2) is 40.1 Å². The quantitative estimate of drug-likeness (QED) is 0.630. The van der Waals surface area contributed by atoms with E-state index in [1.165, 1.54) is 64.0 Å².